The Bertz CT molecular complexity index is 691. The minimum absolute atomic E-state index is 0.0921. The molecule has 1 aromatic carbocycles. The lowest BCUT2D eigenvalue weighted by molar-refractivity contribution is 0.350. The van der Waals surface area contributed by atoms with Crippen LogP contribution in [0.3, 0.4) is 0 Å². The number of aliphatic hydroxyl groups is 1. The summed E-state index contributed by atoms with van der Waals surface area (Å²) in [5.74, 6) is 6.23. The quantitative estimate of drug-likeness (QED) is 0.860. The number of nitrogens with zero attached hydrogens (tertiary/aromatic N) is 1. The van der Waals surface area contributed by atoms with Crippen LogP contribution in [-0.4, -0.2) is 38.0 Å². The van der Waals surface area contributed by atoms with Gasteiger partial charge >= 0.3 is 0 Å². The highest BCUT2D eigenvalue weighted by atomic mass is 35.5. The molecule has 1 fully saturated rings. The minimum atomic E-state index is -3.58. The van der Waals surface area contributed by atoms with E-state index in [0.29, 0.717) is 23.9 Å². The average Bonchev–Trinajstić information content (AvgIpc) is 3.11. The second-order valence-corrected chi connectivity index (χ2v) is 7.78. The molecule has 0 bridgehead atoms. The van der Waals surface area contributed by atoms with Crippen molar-refractivity contribution in [1.82, 2.24) is 4.31 Å². The standard InChI is InChI=1S/C15H18ClNO3S/c1-11-8-13(11)10-17(2)21(19,20)15-6-5-12(4-3-7-18)9-14(15)16/h5-6,9,11,13,18H,7-8,10H2,1-2H3. The number of hydrogen-bond acceptors (Lipinski definition) is 3. The highest BCUT2D eigenvalue weighted by molar-refractivity contribution is 7.89. The van der Waals surface area contributed by atoms with Crippen LogP contribution in [0.15, 0.2) is 23.1 Å². The Kier molecular flexibility index (Phi) is 4.95. The number of hydrogen-bond donors (Lipinski definition) is 1. The van der Waals surface area contributed by atoms with Crippen molar-refractivity contribution in [2.24, 2.45) is 11.8 Å². The lowest BCUT2D eigenvalue weighted by Gasteiger charge is -2.18. The second kappa shape index (κ2) is 6.37. The Balaban J connectivity index is 2.23. The van der Waals surface area contributed by atoms with Crippen LogP contribution in [0.4, 0.5) is 0 Å². The summed E-state index contributed by atoms with van der Waals surface area (Å²) in [5, 5.41) is 8.80. The van der Waals surface area contributed by atoms with Gasteiger partial charge in [0, 0.05) is 19.2 Å². The van der Waals surface area contributed by atoms with Crippen LogP contribution in [0.25, 0.3) is 0 Å². The molecule has 0 heterocycles. The molecule has 0 radical (unpaired) electrons. The highest BCUT2D eigenvalue weighted by Gasteiger charge is 2.36. The molecule has 1 N–H and O–H groups in total. The van der Waals surface area contributed by atoms with Crippen LogP contribution in [0.5, 0.6) is 0 Å². The van der Waals surface area contributed by atoms with Crippen molar-refractivity contribution in [2.75, 3.05) is 20.2 Å². The molecular weight excluding hydrogens is 310 g/mol. The molecule has 0 aromatic heterocycles. The third-order valence-corrected chi connectivity index (χ3v) is 6.01. The molecule has 2 atom stereocenters. The Morgan fingerprint density at radius 3 is 2.67 bits per heavy atom. The molecule has 0 saturated heterocycles. The van der Waals surface area contributed by atoms with E-state index in [2.05, 4.69) is 18.8 Å². The molecule has 21 heavy (non-hydrogen) atoms. The molecule has 1 saturated carbocycles. The Labute approximate surface area is 130 Å². The fourth-order valence-electron chi connectivity index (χ4n) is 2.18. The van der Waals surface area contributed by atoms with E-state index >= 15 is 0 Å². The second-order valence-electron chi connectivity index (χ2n) is 5.36. The van der Waals surface area contributed by atoms with Gasteiger partial charge < -0.3 is 5.11 Å². The molecular formula is C15H18ClNO3S. The van der Waals surface area contributed by atoms with E-state index in [1.807, 2.05) is 0 Å². The van der Waals surface area contributed by atoms with Gasteiger partial charge in [-0.25, -0.2) is 12.7 Å². The predicted molar refractivity (Wildman–Crippen MR) is 82.5 cm³/mol. The van der Waals surface area contributed by atoms with E-state index in [0.717, 1.165) is 6.42 Å². The summed E-state index contributed by atoms with van der Waals surface area (Å²) in [5.41, 5.74) is 0.575. The molecule has 4 nitrogen and oxygen atoms in total. The van der Waals surface area contributed by atoms with E-state index in [9.17, 15) is 8.42 Å². The summed E-state index contributed by atoms with van der Waals surface area (Å²) in [7, 11) is -2.00. The monoisotopic (exact) mass is 327 g/mol. The molecule has 2 unspecified atom stereocenters. The fourth-order valence-corrected chi connectivity index (χ4v) is 3.92. The first kappa shape index (κ1) is 16.3. The summed E-state index contributed by atoms with van der Waals surface area (Å²) >= 11 is 6.08. The average molecular weight is 328 g/mol. The molecule has 6 heteroatoms. The number of rotatable bonds is 4. The lowest BCUT2D eigenvalue weighted by atomic mass is 10.2. The molecule has 1 aromatic rings. The third kappa shape index (κ3) is 3.78. The van der Waals surface area contributed by atoms with E-state index in [1.54, 1.807) is 13.1 Å². The normalized spacial score (nSPS) is 21.0. The molecule has 0 spiro atoms. The largest absolute Gasteiger partial charge is 0.384 e. The molecule has 114 valence electrons. The van der Waals surface area contributed by atoms with Crippen LogP contribution >= 0.6 is 11.6 Å². The smallest absolute Gasteiger partial charge is 0.244 e. The van der Waals surface area contributed by atoms with Crippen molar-refractivity contribution < 1.29 is 13.5 Å². The Morgan fingerprint density at radius 1 is 1.48 bits per heavy atom. The van der Waals surface area contributed by atoms with Crippen molar-refractivity contribution in [2.45, 2.75) is 18.2 Å². The lowest BCUT2D eigenvalue weighted by Crippen LogP contribution is -2.29. The maximum absolute atomic E-state index is 12.5. The maximum Gasteiger partial charge on any atom is 0.244 e. The van der Waals surface area contributed by atoms with Crippen LogP contribution < -0.4 is 0 Å². The van der Waals surface area contributed by atoms with Gasteiger partial charge in [0.2, 0.25) is 10.0 Å². The van der Waals surface area contributed by atoms with Gasteiger partial charge in [-0.1, -0.05) is 30.4 Å². The number of aliphatic hydroxyl groups excluding tert-OH is 1. The van der Waals surface area contributed by atoms with Gasteiger partial charge in [-0.05, 0) is 36.5 Å². The number of benzene rings is 1. The Hall–Kier alpha value is -1.06. The Morgan fingerprint density at radius 2 is 2.14 bits per heavy atom. The predicted octanol–water partition coefficient (Wildman–Crippen LogP) is 1.96. The van der Waals surface area contributed by atoms with Crippen molar-refractivity contribution in [3.8, 4) is 11.8 Å². The van der Waals surface area contributed by atoms with Gasteiger partial charge in [0.25, 0.3) is 0 Å². The van der Waals surface area contributed by atoms with Crippen LogP contribution in [0, 0.1) is 23.7 Å². The van der Waals surface area contributed by atoms with Gasteiger partial charge in [0.05, 0.1) is 5.02 Å². The maximum atomic E-state index is 12.5. The molecule has 0 aliphatic heterocycles. The minimum Gasteiger partial charge on any atom is -0.384 e. The van der Waals surface area contributed by atoms with Crippen LogP contribution in [-0.2, 0) is 10.0 Å². The van der Waals surface area contributed by atoms with E-state index in [4.69, 9.17) is 16.7 Å². The summed E-state index contributed by atoms with van der Waals surface area (Å²) in [6.07, 6.45) is 1.07. The molecule has 0 amide bonds. The first-order valence-corrected chi connectivity index (χ1v) is 8.53. The zero-order valence-corrected chi connectivity index (χ0v) is 13.6. The summed E-state index contributed by atoms with van der Waals surface area (Å²) in [6.45, 7) is 2.39. The number of sulfonamides is 1. The van der Waals surface area contributed by atoms with Gasteiger partial charge in [0.15, 0.2) is 0 Å². The molecule has 2 rings (SSSR count). The van der Waals surface area contributed by atoms with Crippen molar-refractivity contribution >= 4 is 21.6 Å². The first-order chi connectivity index (χ1) is 9.86. The topological polar surface area (TPSA) is 57.6 Å². The summed E-state index contributed by atoms with van der Waals surface area (Å²) in [4.78, 5) is 0.0921. The van der Waals surface area contributed by atoms with Crippen molar-refractivity contribution in [1.29, 1.82) is 0 Å². The van der Waals surface area contributed by atoms with Gasteiger partial charge in [-0.3, -0.25) is 0 Å². The van der Waals surface area contributed by atoms with E-state index in [-0.39, 0.29) is 16.5 Å². The van der Waals surface area contributed by atoms with E-state index in [1.165, 1.54) is 16.4 Å². The summed E-state index contributed by atoms with van der Waals surface area (Å²) < 4.78 is 26.4. The molecule has 1 aliphatic carbocycles. The highest BCUT2D eigenvalue weighted by Crippen LogP contribution is 2.39. The van der Waals surface area contributed by atoms with Gasteiger partial charge in [-0.2, -0.15) is 0 Å². The van der Waals surface area contributed by atoms with Crippen LogP contribution in [0.1, 0.15) is 18.9 Å². The molecule has 1 aliphatic rings. The zero-order valence-electron chi connectivity index (χ0n) is 12.0. The van der Waals surface area contributed by atoms with Gasteiger partial charge in [0.1, 0.15) is 11.5 Å². The zero-order chi connectivity index (χ0) is 15.6. The van der Waals surface area contributed by atoms with Crippen molar-refractivity contribution in [3.05, 3.63) is 28.8 Å². The SMILES string of the molecule is CC1CC1CN(C)S(=O)(=O)c1ccc(C#CCO)cc1Cl. The van der Waals surface area contributed by atoms with E-state index < -0.39 is 10.0 Å². The fraction of sp³-hybridized carbons (Fsp3) is 0.467. The first-order valence-electron chi connectivity index (χ1n) is 6.72. The van der Waals surface area contributed by atoms with Gasteiger partial charge in [-0.15, -0.1) is 0 Å². The third-order valence-electron chi connectivity index (χ3n) is 3.70. The van der Waals surface area contributed by atoms with Crippen molar-refractivity contribution in [3.63, 3.8) is 0 Å². The number of halogens is 1. The summed E-state index contributed by atoms with van der Waals surface area (Å²) in [6, 6.07) is 4.56. The van der Waals surface area contributed by atoms with Crippen LogP contribution in [0.2, 0.25) is 5.02 Å².